The van der Waals surface area contributed by atoms with E-state index in [1.54, 1.807) is 0 Å². The smallest absolute Gasteiger partial charge is 0.226 e. The molecule has 2 N–H and O–H groups in total. The van der Waals surface area contributed by atoms with Gasteiger partial charge in [0.1, 0.15) is 0 Å². The molecule has 3 nitrogen and oxygen atoms in total. The van der Waals surface area contributed by atoms with Crippen LogP contribution in [0.3, 0.4) is 0 Å². The Labute approximate surface area is 79.3 Å². The van der Waals surface area contributed by atoms with Crippen LogP contribution in [0.5, 0.6) is 0 Å². The van der Waals surface area contributed by atoms with Gasteiger partial charge in [0.25, 0.3) is 0 Å². The van der Waals surface area contributed by atoms with Gasteiger partial charge in [-0.3, -0.25) is 4.79 Å². The zero-order valence-electron chi connectivity index (χ0n) is 8.23. The van der Waals surface area contributed by atoms with Crippen LogP contribution in [0.25, 0.3) is 0 Å². The summed E-state index contributed by atoms with van der Waals surface area (Å²) in [6, 6.07) is 0. The maximum Gasteiger partial charge on any atom is 0.226 e. The third kappa shape index (κ3) is 1.26. The van der Waals surface area contributed by atoms with Crippen molar-refractivity contribution in [3.63, 3.8) is 0 Å². The molecule has 0 aromatic rings. The van der Waals surface area contributed by atoms with E-state index in [1.807, 2.05) is 0 Å². The number of carbonyl (C=O) groups is 1. The summed E-state index contributed by atoms with van der Waals surface area (Å²) in [4.78, 5) is 11.8. The van der Waals surface area contributed by atoms with E-state index in [-0.39, 0.29) is 5.41 Å². The van der Waals surface area contributed by atoms with E-state index >= 15 is 0 Å². The van der Waals surface area contributed by atoms with Crippen molar-refractivity contribution in [2.24, 2.45) is 11.3 Å². The van der Waals surface area contributed by atoms with Crippen molar-refractivity contribution in [1.82, 2.24) is 10.6 Å². The topological polar surface area (TPSA) is 41.1 Å². The number of rotatable bonds is 1. The zero-order valence-corrected chi connectivity index (χ0v) is 8.23. The van der Waals surface area contributed by atoms with Crippen LogP contribution in [0.15, 0.2) is 0 Å². The summed E-state index contributed by atoms with van der Waals surface area (Å²) < 4.78 is 0. The van der Waals surface area contributed by atoms with Crippen molar-refractivity contribution < 1.29 is 4.79 Å². The standard InChI is InChI=1S/C10H18N2O/c1-2-8-7-12-9(13)10(8)3-5-11-6-4-10/h8,11H,2-7H2,1H3,(H,12,13). The van der Waals surface area contributed by atoms with Crippen molar-refractivity contribution in [2.75, 3.05) is 19.6 Å². The third-order valence-corrected chi connectivity index (χ3v) is 3.73. The number of amides is 1. The maximum atomic E-state index is 11.8. The molecule has 2 aliphatic rings. The first-order chi connectivity index (χ1) is 6.29. The highest BCUT2D eigenvalue weighted by Crippen LogP contribution is 2.42. The molecule has 2 heterocycles. The van der Waals surface area contributed by atoms with E-state index in [0.29, 0.717) is 11.8 Å². The highest BCUT2D eigenvalue weighted by atomic mass is 16.2. The molecule has 2 fully saturated rings. The minimum atomic E-state index is -0.0139. The Morgan fingerprint density at radius 2 is 2.15 bits per heavy atom. The lowest BCUT2D eigenvalue weighted by Gasteiger charge is -2.35. The second-order valence-electron chi connectivity index (χ2n) is 4.22. The van der Waals surface area contributed by atoms with Gasteiger partial charge < -0.3 is 10.6 Å². The zero-order chi connectivity index (χ0) is 9.31. The fourth-order valence-electron chi connectivity index (χ4n) is 2.82. The molecule has 1 amide bonds. The van der Waals surface area contributed by atoms with Crippen molar-refractivity contribution in [1.29, 1.82) is 0 Å². The fourth-order valence-corrected chi connectivity index (χ4v) is 2.82. The molecular formula is C10H18N2O. The molecule has 1 unspecified atom stereocenters. The first-order valence-electron chi connectivity index (χ1n) is 5.28. The lowest BCUT2D eigenvalue weighted by atomic mass is 9.70. The predicted octanol–water partition coefficient (Wildman–Crippen LogP) is 0.512. The summed E-state index contributed by atoms with van der Waals surface area (Å²) in [7, 11) is 0. The molecule has 0 bridgehead atoms. The molecule has 1 spiro atoms. The van der Waals surface area contributed by atoms with E-state index < -0.39 is 0 Å². The number of piperidine rings is 1. The molecule has 2 saturated heterocycles. The summed E-state index contributed by atoms with van der Waals surface area (Å²) >= 11 is 0. The molecule has 2 rings (SSSR count). The van der Waals surface area contributed by atoms with E-state index in [0.717, 1.165) is 38.9 Å². The van der Waals surface area contributed by atoms with Crippen LogP contribution in [0.2, 0.25) is 0 Å². The van der Waals surface area contributed by atoms with Gasteiger partial charge in [-0.2, -0.15) is 0 Å². The Hall–Kier alpha value is -0.570. The summed E-state index contributed by atoms with van der Waals surface area (Å²) in [5, 5.41) is 6.34. The average Bonchev–Trinajstić information content (AvgIpc) is 2.46. The van der Waals surface area contributed by atoms with Gasteiger partial charge in [-0.05, 0) is 31.8 Å². The highest BCUT2D eigenvalue weighted by molar-refractivity contribution is 5.85. The van der Waals surface area contributed by atoms with Crippen LogP contribution in [-0.4, -0.2) is 25.5 Å². The molecule has 0 aromatic carbocycles. The monoisotopic (exact) mass is 182 g/mol. The van der Waals surface area contributed by atoms with Crippen LogP contribution in [0, 0.1) is 11.3 Å². The maximum absolute atomic E-state index is 11.8. The Balaban J connectivity index is 2.19. The highest BCUT2D eigenvalue weighted by Gasteiger charge is 2.49. The average molecular weight is 182 g/mol. The van der Waals surface area contributed by atoms with Crippen molar-refractivity contribution in [2.45, 2.75) is 26.2 Å². The number of hydrogen-bond donors (Lipinski definition) is 2. The van der Waals surface area contributed by atoms with Crippen LogP contribution in [0.4, 0.5) is 0 Å². The van der Waals surface area contributed by atoms with Gasteiger partial charge in [0.05, 0.1) is 5.41 Å². The molecule has 0 aliphatic carbocycles. The van der Waals surface area contributed by atoms with Gasteiger partial charge in [-0.1, -0.05) is 13.3 Å². The number of nitrogens with one attached hydrogen (secondary N) is 2. The summed E-state index contributed by atoms with van der Waals surface area (Å²) in [6.45, 7) is 5.10. The summed E-state index contributed by atoms with van der Waals surface area (Å²) in [5.74, 6) is 0.878. The van der Waals surface area contributed by atoms with Crippen LogP contribution in [0.1, 0.15) is 26.2 Å². The second kappa shape index (κ2) is 3.29. The van der Waals surface area contributed by atoms with Gasteiger partial charge >= 0.3 is 0 Å². The molecule has 0 radical (unpaired) electrons. The molecule has 13 heavy (non-hydrogen) atoms. The van der Waals surface area contributed by atoms with Crippen LogP contribution >= 0.6 is 0 Å². The minimum Gasteiger partial charge on any atom is -0.355 e. The van der Waals surface area contributed by atoms with Crippen LogP contribution < -0.4 is 10.6 Å². The quantitative estimate of drug-likeness (QED) is 0.620. The Morgan fingerprint density at radius 3 is 2.77 bits per heavy atom. The largest absolute Gasteiger partial charge is 0.355 e. The molecule has 0 aromatic heterocycles. The fraction of sp³-hybridized carbons (Fsp3) is 0.900. The van der Waals surface area contributed by atoms with Crippen LogP contribution in [-0.2, 0) is 4.79 Å². The molecule has 1 atom stereocenters. The van der Waals surface area contributed by atoms with Gasteiger partial charge in [-0.25, -0.2) is 0 Å². The lowest BCUT2D eigenvalue weighted by Crippen LogP contribution is -2.44. The van der Waals surface area contributed by atoms with E-state index in [2.05, 4.69) is 17.6 Å². The second-order valence-corrected chi connectivity index (χ2v) is 4.22. The number of carbonyl (C=O) groups excluding carboxylic acids is 1. The summed E-state index contributed by atoms with van der Waals surface area (Å²) in [5.41, 5.74) is -0.0139. The Kier molecular flexibility index (Phi) is 2.28. The van der Waals surface area contributed by atoms with Crippen molar-refractivity contribution in [3.8, 4) is 0 Å². The van der Waals surface area contributed by atoms with E-state index in [4.69, 9.17) is 0 Å². The van der Waals surface area contributed by atoms with Gasteiger partial charge in [-0.15, -0.1) is 0 Å². The molecular weight excluding hydrogens is 164 g/mol. The first kappa shape index (κ1) is 9.00. The first-order valence-corrected chi connectivity index (χ1v) is 5.28. The molecule has 74 valence electrons. The predicted molar refractivity (Wildman–Crippen MR) is 51.3 cm³/mol. The van der Waals surface area contributed by atoms with Gasteiger partial charge in [0.15, 0.2) is 0 Å². The lowest BCUT2D eigenvalue weighted by molar-refractivity contribution is -0.130. The summed E-state index contributed by atoms with van der Waals surface area (Å²) in [6.07, 6.45) is 3.17. The third-order valence-electron chi connectivity index (χ3n) is 3.73. The molecule has 0 saturated carbocycles. The number of hydrogen-bond acceptors (Lipinski definition) is 2. The van der Waals surface area contributed by atoms with Crippen molar-refractivity contribution >= 4 is 5.91 Å². The minimum absolute atomic E-state index is 0.0139. The Bertz CT molecular complexity index is 209. The van der Waals surface area contributed by atoms with E-state index in [9.17, 15) is 4.79 Å². The molecule has 2 aliphatic heterocycles. The Morgan fingerprint density at radius 1 is 1.46 bits per heavy atom. The van der Waals surface area contributed by atoms with Gasteiger partial charge in [0, 0.05) is 6.54 Å². The van der Waals surface area contributed by atoms with Gasteiger partial charge in [0.2, 0.25) is 5.91 Å². The SMILES string of the molecule is CCC1CNC(=O)C12CCNCC2. The van der Waals surface area contributed by atoms with Crippen molar-refractivity contribution in [3.05, 3.63) is 0 Å². The van der Waals surface area contributed by atoms with E-state index in [1.165, 1.54) is 0 Å². The normalized spacial score (nSPS) is 32.1. The molecule has 3 heteroatoms.